The molecule has 0 spiro atoms. The van der Waals surface area contributed by atoms with E-state index in [1.807, 2.05) is 49.1 Å². The molecule has 0 aliphatic carbocycles. The molecule has 0 saturated carbocycles. The predicted octanol–water partition coefficient (Wildman–Crippen LogP) is 2.41. The summed E-state index contributed by atoms with van der Waals surface area (Å²) in [5, 5.41) is 5.30. The minimum Gasteiger partial charge on any atom is -0.372 e. The monoisotopic (exact) mass is 413 g/mol. The molecule has 1 aliphatic heterocycles. The molecule has 1 fully saturated rings. The van der Waals surface area contributed by atoms with Crippen molar-refractivity contribution < 1.29 is 18.7 Å². The molecule has 2 aromatic carbocycles. The normalized spacial score (nSPS) is 18.7. The fourth-order valence-corrected chi connectivity index (χ4v) is 3.58. The molecule has 2 aromatic rings. The Kier molecular flexibility index (Phi) is 7.41. The van der Waals surface area contributed by atoms with Gasteiger partial charge in [-0.2, -0.15) is 0 Å². The summed E-state index contributed by atoms with van der Waals surface area (Å²) in [6.07, 6.45) is 0.313. The van der Waals surface area contributed by atoms with Gasteiger partial charge in [-0.15, -0.1) is 0 Å². The van der Waals surface area contributed by atoms with E-state index in [-0.39, 0.29) is 49.3 Å². The zero-order valence-corrected chi connectivity index (χ0v) is 17.4. The van der Waals surface area contributed by atoms with Gasteiger partial charge in [0, 0.05) is 19.6 Å². The third-order valence-corrected chi connectivity index (χ3v) is 4.92. The average Bonchev–Trinajstić information content (AvgIpc) is 2.71. The number of anilines is 1. The van der Waals surface area contributed by atoms with Crippen molar-refractivity contribution in [1.29, 1.82) is 0 Å². The summed E-state index contributed by atoms with van der Waals surface area (Å²) in [5.41, 5.74) is 2.09. The van der Waals surface area contributed by atoms with Crippen LogP contribution in [-0.2, 0) is 27.3 Å². The van der Waals surface area contributed by atoms with E-state index in [4.69, 9.17) is 4.74 Å². The number of nitrogens with one attached hydrogen (secondary N) is 2. The van der Waals surface area contributed by atoms with Crippen LogP contribution in [0.2, 0.25) is 0 Å². The maximum atomic E-state index is 14.6. The molecular formula is C23H28FN3O3. The van der Waals surface area contributed by atoms with Crippen LogP contribution in [0.15, 0.2) is 48.5 Å². The molecule has 1 heterocycles. The highest BCUT2D eigenvalue weighted by atomic mass is 19.1. The molecule has 160 valence electrons. The van der Waals surface area contributed by atoms with E-state index in [2.05, 4.69) is 10.6 Å². The van der Waals surface area contributed by atoms with Crippen LogP contribution < -0.4 is 15.5 Å². The van der Waals surface area contributed by atoms with E-state index in [9.17, 15) is 14.0 Å². The number of amides is 2. The lowest BCUT2D eigenvalue weighted by Crippen LogP contribution is -2.45. The van der Waals surface area contributed by atoms with E-state index in [0.29, 0.717) is 24.3 Å². The minimum atomic E-state index is -0.322. The summed E-state index contributed by atoms with van der Waals surface area (Å²) < 4.78 is 20.3. The van der Waals surface area contributed by atoms with Gasteiger partial charge in [0.2, 0.25) is 11.8 Å². The van der Waals surface area contributed by atoms with Gasteiger partial charge in [0.05, 0.1) is 30.9 Å². The van der Waals surface area contributed by atoms with Gasteiger partial charge in [0.1, 0.15) is 5.82 Å². The molecule has 7 heteroatoms. The Morgan fingerprint density at radius 1 is 1.00 bits per heavy atom. The molecule has 0 bridgehead atoms. The third kappa shape index (κ3) is 6.29. The maximum absolute atomic E-state index is 14.6. The molecule has 3 rings (SSSR count). The summed E-state index contributed by atoms with van der Waals surface area (Å²) in [5.74, 6) is -0.864. The highest BCUT2D eigenvalue weighted by Crippen LogP contribution is 2.24. The van der Waals surface area contributed by atoms with Gasteiger partial charge in [-0.25, -0.2) is 4.39 Å². The number of nitrogens with zero attached hydrogens (tertiary/aromatic N) is 1. The number of hydrogen-bond donors (Lipinski definition) is 2. The van der Waals surface area contributed by atoms with Gasteiger partial charge in [-0.05, 0) is 37.1 Å². The largest absolute Gasteiger partial charge is 0.372 e. The number of benzene rings is 2. The van der Waals surface area contributed by atoms with Gasteiger partial charge in [0.25, 0.3) is 0 Å². The molecule has 1 saturated heterocycles. The fraction of sp³-hybridized carbons (Fsp3) is 0.391. The predicted molar refractivity (Wildman–Crippen MR) is 114 cm³/mol. The van der Waals surface area contributed by atoms with E-state index in [1.165, 1.54) is 6.07 Å². The Hall–Kier alpha value is -2.93. The van der Waals surface area contributed by atoms with Crippen LogP contribution in [0.25, 0.3) is 0 Å². The van der Waals surface area contributed by atoms with Gasteiger partial charge in [-0.1, -0.05) is 36.4 Å². The van der Waals surface area contributed by atoms with Crippen molar-refractivity contribution in [2.45, 2.75) is 39.0 Å². The van der Waals surface area contributed by atoms with Crippen molar-refractivity contribution in [2.24, 2.45) is 0 Å². The van der Waals surface area contributed by atoms with E-state index < -0.39 is 0 Å². The van der Waals surface area contributed by atoms with Crippen LogP contribution in [0.5, 0.6) is 0 Å². The summed E-state index contributed by atoms with van der Waals surface area (Å²) >= 11 is 0. The zero-order chi connectivity index (χ0) is 21.5. The summed E-state index contributed by atoms with van der Waals surface area (Å²) in [4.78, 5) is 25.9. The Labute approximate surface area is 176 Å². The first kappa shape index (κ1) is 21.8. The van der Waals surface area contributed by atoms with Gasteiger partial charge in [-0.3, -0.25) is 9.59 Å². The quantitative estimate of drug-likeness (QED) is 0.731. The second-order valence-corrected chi connectivity index (χ2v) is 7.66. The SMILES string of the molecule is CC1CN(c2ccc(CNC(=O)CNC(=O)Cc3ccccc3)cc2F)CC(C)O1. The first-order valence-electron chi connectivity index (χ1n) is 10.2. The standard InChI is InChI=1S/C23H28FN3O3/c1-16-14-27(15-17(2)30-16)21-9-8-19(10-20(21)24)12-25-23(29)13-26-22(28)11-18-6-4-3-5-7-18/h3-10,16-17H,11-15H2,1-2H3,(H,25,29)(H,26,28). The van der Waals surface area contributed by atoms with Crippen LogP contribution in [0, 0.1) is 5.82 Å². The van der Waals surface area contributed by atoms with Gasteiger partial charge < -0.3 is 20.3 Å². The van der Waals surface area contributed by atoms with Gasteiger partial charge >= 0.3 is 0 Å². The number of carbonyl (C=O) groups is 2. The van der Waals surface area contributed by atoms with Crippen LogP contribution >= 0.6 is 0 Å². The molecule has 2 N–H and O–H groups in total. The zero-order valence-electron chi connectivity index (χ0n) is 17.4. The number of halogens is 1. The molecule has 0 aromatic heterocycles. The Balaban J connectivity index is 1.45. The fourth-order valence-electron chi connectivity index (χ4n) is 3.58. The smallest absolute Gasteiger partial charge is 0.239 e. The lowest BCUT2D eigenvalue weighted by atomic mass is 10.1. The molecular weight excluding hydrogens is 385 g/mol. The molecule has 6 nitrogen and oxygen atoms in total. The van der Waals surface area contributed by atoms with E-state index >= 15 is 0 Å². The molecule has 2 unspecified atom stereocenters. The van der Waals surface area contributed by atoms with Crippen LogP contribution in [0.1, 0.15) is 25.0 Å². The Bertz CT molecular complexity index is 865. The Morgan fingerprint density at radius 2 is 1.70 bits per heavy atom. The van der Waals surface area contributed by atoms with Crippen LogP contribution in [0.3, 0.4) is 0 Å². The number of ether oxygens (including phenoxy) is 1. The molecule has 0 radical (unpaired) electrons. The first-order valence-corrected chi connectivity index (χ1v) is 10.2. The molecule has 2 atom stereocenters. The van der Waals surface area contributed by atoms with Crippen molar-refractivity contribution in [1.82, 2.24) is 10.6 Å². The first-order chi connectivity index (χ1) is 14.4. The van der Waals surface area contributed by atoms with Crippen molar-refractivity contribution >= 4 is 17.5 Å². The summed E-state index contributed by atoms with van der Waals surface area (Å²) in [6, 6.07) is 14.3. The molecule has 30 heavy (non-hydrogen) atoms. The summed E-state index contributed by atoms with van der Waals surface area (Å²) in [7, 11) is 0. The Morgan fingerprint density at radius 3 is 2.37 bits per heavy atom. The minimum absolute atomic E-state index is 0.0456. The van der Waals surface area contributed by atoms with Crippen molar-refractivity contribution in [2.75, 3.05) is 24.5 Å². The van der Waals surface area contributed by atoms with Gasteiger partial charge in [0.15, 0.2) is 0 Å². The van der Waals surface area contributed by atoms with Crippen molar-refractivity contribution in [3.05, 3.63) is 65.5 Å². The highest BCUT2D eigenvalue weighted by molar-refractivity contribution is 5.85. The van der Waals surface area contributed by atoms with Crippen LogP contribution in [0.4, 0.5) is 10.1 Å². The number of hydrogen-bond acceptors (Lipinski definition) is 4. The third-order valence-electron chi connectivity index (χ3n) is 4.92. The van der Waals surface area contributed by atoms with E-state index in [1.54, 1.807) is 12.1 Å². The number of carbonyl (C=O) groups excluding carboxylic acids is 2. The summed E-state index contributed by atoms with van der Waals surface area (Å²) in [6.45, 7) is 5.31. The number of morpholine rings is 1. The lowest BCUT2D eigenvalue weighted by Gasteiger charge is -2.37. The topological polar surface area (TPSA) is 70.7 Å². The second kappa shape index (κ2) is 10.2. The second-order valence-electron chi connectivity index (χ2n) is 7.66. The van der Waals surface area contributed by atoms with E-state index in [0.717, 1.165) is 5.56 Å². The maximum Gasteiger partial charge on any atom is 0.239 e. The van der Waals surface area contributed by atoms with Crippen molar-refractivity contribution in [3.63, 3.8) is 0 Å². The number of rotatable bonds is 7. The lowest BCUT2D eigenvalue weighted by molar-refractivity contribution is -0.125. The molecule has 1 aliphatic rings. The highest BCUT2D eigenvalue weighted by Gasteiger charge is 2.24. The average molecular weight is 413 g/mol. The van der Waals surface area contributed by atoms with Crippen LogP contribution in [-0.4, -0.2) is 43.7 Å². The molecule has 2 amide bonds. The van der Waals surface area contributed by atoms with Crippen molar-refractivity contribution in [3.8, 4) is 0 Å².